The Bertz CT molecular complexity index is 1060. The van der Waals surface area contributed by atoms with Crippen LogP contribution in [0.3, 0.4) is 0 Å². The molecule has 0 atom stereocenters. The first-order valence-corrected chi connectivity index (χ1v) is 7.72. The molecular formula is C16H14ClN7. The fraction of sp³-hybridized carbons (Fsp3) is 0.125. The fourth-order valence-corrected chi connectivity index (χ4v) is 2.83. The van der Waals surface area contributed by atoms with E-state index >= 15 is 0 Å². The second-order valence-electron chi connectivity index (χ2n) is 5.45. The van der Waals surface area contributed by atoms with Gasteiger partial charge >= 0.3 is 0 Å². The lowest BCUT2D eigenvalue weighted by atomic mass is 10.1. The van der Waals surface area contributed by atoms with Crippen LogP contribution in [0.4, 0.5) is 0 Å². The third kappa shape index (κ3) is 2.39. The van der Waals surface area contributed by atoms with Crippen LogP contribution < -0.4 is 5.62 Å². The van der Waals surface area contributed by atoms with Gasteiger partial charge in [0.15, 0.2) is 5.65 Å². The van der Waals surface area contributed by atoms with Crippen molar-refractivity contribution in [3.8, 4) is 11.4 Å². The van der Waals surface area contributed by atoms with Crippen LogP contribution >= 0.6 is 11.6 Å². The molecule has 4 rings (SSSR count). The van der Waals surface area contributed by atoms with Crippen molar-refractivity contribution in [1.82, 2.24) is 29.1 Å². The van der Waals surface area contributed by atoms with Crippen LogP contribution in [-0.2, 0) is 13.6 Å². The maximum atomic E-state index is 8.30. The molecule has 0 amide bonds. The normalized spacial score (nSPS) is 11.2. The van der Waals surface area contributed by atoms with Crippen molar-refractivity contribution in [3.05, 3.63) is 59.3 Å². The van der Waals surface area contributed by atoms with Crippen molar-refractivity contribution in [2.24, 2.45) is 7.05 Å². The highest BCUT2D eigenvalue weighted by Gasteiger charge is 2.11. The number of nitrogens with zero attached hydrogens (tertiary/aromatic N) is 5. The summed E-state index contributed by atoms with van der Waals surface area (Å²) >= 11 is 5.92. The molecule has 0 saturated heterocycles. The van der Waals surface area contributed by atoms with Crippen molar-refractivity contribution in [2.75, 3.05) is 0 Å². The van der Waals surface area contributed by atoms with E-state index in [1.807, 2.05) is 35.9 Å². The predicted octanol–water partition coefficient (Wildman–Crippen LogP) is 2.34. The summed E-state index contributed by atoms with van der Waals surface area (Å²) < 4.78 is 3.55. The van der Waals surface area contributed by atoms with E-state index in [0.29, 0.717) is 17.8 Å². The number of aryl methyl sites for hydroxylation is 1. The average molecular weight is 340 g/mol. The maximum absolute atomic E-state index is 8.30. The number of hydrogen-bond acceptors (Lipinski definition) is 4. The number of hydrogen-bond donors (Lipinski definition) is 2. The van der Waals surface area contributed by atoms with Crippen LogP contribution in [0.5, 0.6) is 0 Å². The van der Waals surface area contributed by atoms with Crippen molar-refractivity contribution < 1.29 is 0 Å². The molecule has 2 N–H and O–H groups in total. The largest absolute Gasteiger partial charge is 0.345 e. The summed E-state index contributed by atoms with van der Waals surface area (Å²) in [7, 11) is 1.82. The molecule has 0 spiro atoms. The molecule has 0 fully saturated rings. The van der Waals surface area contributed by atoms with E-state index in [2.05, 4.69) is 19.9 Å². The summed E-state index contributed by atoms with van der Waals surface area (Å²) in [6.45, 7) is 0.530. The molecule has 0 aliphatic rings. The topological polar surface area (TPSA) is 88.2 Å². The molecule has 1 aromatic carbocycles. The van der Waals surface area contributed by atoms with Gasteiger partial charge in [0, 0.05) is 25.0 Å². The monoisotopic (exact) mass is 339 g/mol. The van der Waals surface area contributed by atoms with Gasteiger partial charge in [0.1, 0.15) is 11.3 Å². The highest BCUT2D eigenvalue weighted by Crippen LogP contribution is 2.17. The van der Waals surface area contributed by atoms with Crippen LogP contribution in [0.15, 0.2) is 42.9 Å². The first-order chi connectivity index (χ1) is 11.6. The van der Waals surface area contributed by atoms with E-state index in [1.165, 1.54) is 0 Å². The van der Waals surface area contributed by atoms with Gasteiger partial charge in [0.25, 0.3) is 0 Å². The van der Waals surface area contributed by atoms with Crippen molar-refractivity contribution >= 4 is 22.8 Å². The number of aromatic amines is 1. The van der Waals surface area contributed by atoms with E-state index in [4.69, 9.17) is 17.0 Å². The van der Waals surface area contributed by atoms with Gasteiger partial charge in [-0.05, 0) is 17.2 Å². The van der Waals surface area contributed by atoms with Gasteiger partial charge in [-0.1, -0.05) is 24.3 Å². The lowest BCUT2D eigenvalue weighted by Crippen LogP contribution is -2.23. The second-order valence-corrected chi connectivity index (χ2v) is 5.79. The maximum Gasteiger partial charge on any atom is 0.224 e. The van der Waals surface area contributed by atoms with Gasteiger partial charge in [-0.15, -0.1) is 0 Å². The van der Waals surface area contributed by atoms with Crippen molar-refractivity contribution in [1.29, 1.82) is 5.41 Å². The smallest absolute Gasteiger partial charge is 0.224 e. The Hall–Kier alpha value is -2.93. The van der Waals surface area contributed by atoms with Crippen molar-refractivity contribution in [2.45, 2.75) is 6.54 Å². The summed E-state index contributed by atoms with van der Waals surface area (Å²) in [5, 5.41) is 8.48. The molecular weight excluding hydrogens is 326 g/mol. The van der Waals surface area contributed by atoms with E-state index < -0.39 is 0 Å². The number of imidazole rings is 2. The molecule has 0 radical (unpaired) electrons. The first-order valence-electron chi connectivity index (χ1n) is 7.34. The highest BCUT2D eigenvalue weighted by atomic mass is 35.5. The number of H-pyrrole nitrogens is 1. The molecule has 7 nitrogen and oxygen atoms in total. The van der Waals surface area contributed by atoms with Crippen LogP contribution in [0.25, 0.3) is 22.6 Å². The zero-order chi connectivity index (χ0) is 16.7. The number of fused-ring (bicyclic) bond motifs is 1. The molecule has 0 aliphatic heterocycles. The fourth-order valence-electron chi connectivity index (χ4n) is 2.70. The Morgan fingerprint density at radius 3 is 2.71 bits per heavy atom. The number of benzene rings is 1. The average Bonchev–Trinajstić information content (AvgIpc) is 3.20. The summed E-state index contributed by atoms with van der Waals surface area (Å²) in [6.07, 6.45) is 5.16. The number of aromatic nitrogens is 6. The summed E-state index contributed by atoms with van der Waals surface area (Å²) in [5.74, 6) is 0.833. The lowest BCUT2D eigenvalue weighted by molar-refractivity contribution is 0.691. The summed E-state index contributed by atoms with van der Waals surface area (Å²) in [5.41, 5.74) is 3.85. The number of rotatable bonds is 3. The Kier molecular flexibility index (Phi) is 3.42. The Morgan fingerprint density at radius 1 is 1.21 bits per heavy atom. The molecule has 4 aromatic rings. The Balaban J connectivity index is 1.73. The first kappa shape index (κ1) is 14.6. The minimum Gasteiger partial charge on any atom is -0.345 e. The quantitative estimate of drug-likeness (QED) is 0.561. The molecule has 8 heteroatoms. The molecule has 3 heterocycles. The molecule has 0 aliphatic carbocycles. The van der Waals surface area contributed by atoms with Crippen LogP contribution in [-0.4, -0.2) is 29.1 Å². The minimum absolute atomic E-state index is 0.176. The van der Waals surface area contributed by atoms with Crippen molar-refractivity contribution in [3.63, 3.8) is 0 Å². The van der Waals surface area contributed by atoms with Crippen LogP contribution in [0.2, 0.25) is 5.28 Å². The van der Waals surface area contributed by atoms with Gasteiger partial charge in [-0.25, -0.2) is 9.97 Å². The number of halogens is 1. The molecule has 0 saturated carbocycles. The third-order valence-corrected chi connectivity index (χ3v) is 4.16. The summed E-state index contributed by atoms with van der Waals surface area (Å²) in [4.78, 5) is 15.6. The van der Waals surface area contributed by atoms with E-state index in [1.54, 1.807) is 23.2 Å². The molecule has 0 unspecified atom stereocenters. The highest BCUT2D eigenvalue weighted by molar-refractivity contribution is 6.28. The zero-order valence-corrected chi connectivity index (χ0v) is 13.6. The molecule has 0 bridgehead atoms. The van der Waals surface area contributed by atoms with Crippen LogP contribution in [0.1, 0.15) is 5.56 Å². The van der Waals surface area contributed by atoms with Crippen LogP contribution in [0, 0.1) is 5.41 Å². The molecule has 24 heavy (non-hydrogen) atoms. The van der Waals surface area contributed by atoms with Gasteiger partial charge in [0.05, 0.1) is 12.7 Å². The Morgan fingerprint density at radius 2 is 2.00 bits per heavy atom. The zero-order valence-electron chi connectivity index (χ0n) is 12.9. The van der Waals surface area contributed by atoms with Gasteiger partial charge in [-0.3, -0.25) is 9.98 Å². The second kappa shape index (κ2) is 5.61. The lowest BCUT2D eigenvalue weighted by Gasteiger charge is -2.05. The number of nitrogens with one attached hydrogen (secondary N) is 2. The third-order valence-electron chi connectivity index (χ3n) is 3.98. The van der Waals surface area contributed by atoms with Gasteiger partial charge in [0.2, 0.25) is 10.9 Å². The summed E-state index contributed by atoms with van der Waals surface area (Å²) in [6, 6.07) is 8.05. The molecule has 3 aromatic heterocycles. The van der Waals surface area contributed by atoms with E-state index in [0.717, 1.165) is 22.5 Å². The predicted molar refractivity (Wildman–Crippen MR) is 90.5 cm³/mol. The molecule has 120 valence electrons. The van der Waals surface area contributed by atoms with Gasteiger partial charge < -0.3 is 9.55 Å². The van der Waals surface area contributed by atoms with Gasteiger partial charge in [-0.2, -0.15) is 4.98 Å². The minimum atomic E-state index is 0.176. The van der Waals surface area contributed by atoms with E-state index in [-0.39, 0.29) is 5.28 Å². The van der Waals surface area contributed by atoms with E-state index in [9.17, 15) is 0 Å². The SMILES string of the molecule is Cn1c(=N)n(Cc2ccc(-c3ncc[nH]3)cc2)c2nc(Cl)ncc21. The Labute approximate surface area is 142 Å². The standard InChI is InChI=1S/C16H14ClN7/c1-23-12-8-21-15(17)22-14(12)24(16(23)18)9-10-2-4-11(5-3-10)13-19-6-7-20-13/h2-8,18H,9H2,1H3,(H,19,20).